The van der Waals surface area contributed by atoms with Crippen molar-refractivity contribution >= 4 is 35.6 Å². The van der Waals surface area contributed by atoms with Crippen LogP contribution in [0, 0.1) is 11.6 Å². The van der Waals surface area contributed by atoms with Crippen LogP contribution in [0.25, 0.3) is 0 Å². The Balaban J connectivity index is 0.00000208. The molecule has 0 saturated carbocycles. The van der Waals surface area contributed by atoms with Gasteiger partial charge in [-0.3, -0.25) is 4.99 Å². The van der Waals surface area contributed by atoms with Crippen molar-refractivity contribution in [3.05, 3.63) is 64.7 Å². The highest BCUT2D eigenvalue weighted by atomic mass is 127. The van der Waals surface area contributed by atoms with Crippen LogP contribution in [0.3, 0.4) is 0 Å². The quantitative estimate of drug-likeness (QED) is 0.426. The number of aliphatic imine (C=N–C) groups is 1. The highest BCUT2D eigenvalue weighted by molar-refractivity contribution is 14.0. The highest BCUT2D eigenvalue weighted by Gasteiger charge is 2.10. The lowest BCUT2D eigenvalue weighted by atomic mass is 10.1. The van der Waals surface area contributed by atoms with Gasteiger partial charge in [-0.05, 0) is 66.6 Å². The van der Waals surface area contributed by atoms with Crippen molar-refractivity contribution in [2.45, 2.75) is 25.7 Å². The lowest BCUT2D eigenvalue weighted by Gasteiger charge is -2.08. The maximum atomic E-state index is 13.1. The Morgan fingerprint density at radius 1 is 1.04 bits per heavy atom. The SMILES string of the molecule is I.NC(=NCCc1cc(F)cc(F)c1)Nc1ccc2c(c1)CCC2. The predicted molar refractivity (Wildman–Crippen MR) is 104 cm³/mol. The number of nitrogens with zero attached hydrogens (tertiary/aromatic N) is 1. The molecule has 0 heterocycles. The molecule has 6 heteroatoms. The molecule has 128 valence electrons. The van der Waals surface area contributed by atoms with Crippen LogP contribution in [0.5, 0.6) is 0 Å². The van der Waals surface area contributed by atoms with E-state index in [-0.39, 0.29) is 24.0 Å². The first kappa shape index (κ1) is 18.6. The zero-order valence-electron chi connectivity index (χ0n) is 13.2. The van der Waals surface area contributed by atoms with Gasteiger partial charge in [0, 0.05) is 18.3 Å². The molecular formula is C18H20F2IN3. The maximum Gasteiger partial charge on any atom is 0.193 e. The molecule has 0 unspecified atom stereocenters. The Morgan fingerprint density at radius 3 is 2.50 bits per heavy atom. The van der Waals surface area contributed by atoms with Gasteiger partial charge in [0.05, 0.1) is 0 Å². The molecule has 24 heavy (non-hydrogen) atoms. The number of anilines is 1. The van der Waals surface area contributed by atoms with Crippen LogP contribution in [0.4, 0.5) is 14.5 Å². The lowest BCUT2D eigenvalue weighted by Crippen LogP contribution is -2.23. The van der Waals surface area contributed by atoms with Crippen molar-refractivity contribution < 1.29 is 8.78 Å². The van der Waals surface area contributed by atoms with E-state index in [0.29, 0.717) is 24.5 Å². The van der Waals surface area contributed by atoms with Crippen molar-refractivity contribution in [1.29, 1.82) is 0 Å². The van der Waals surface area contributed by atoms with E-state index in [0.717, 1.165) is 24.6 Å². The van der Waals surface area contributed by atoms with Crippen molar-refractivity contribution in [2.75, 3.05) is 11.9 Å². The molecule has 0 aromatic heterocycles. The summed E-state index contributed by atoms with van der Waals surface area (Å²) in [6, 6.07) is 9.69. The average Bonchev–Trinajstić information content (AvgIpc) is 2.93. The Morgan fingerprint density at radius 2 is 1.75 bits per heavy atom. The molecule has 0 spiro atoms. The smallest absolute Gasteiger partial charge is 0.193 e. The fourth-order valence-electron chi connectivity index (χ4n) is 2.90. The molecule has 0 fully saturated rings. The Labute approximate surface area is 157 Å². The second-order valence-corrected chi connectivity index (χ2v) is 5.76. The Kier molecular flexibility index (Phi) is 6.53. The molecule has 0 atom stereocenters. The fraction of sp³-hybridized carbons (Fsp3) is 0.278. The van der Waals surface area contributed by atoms with Gasteiger partial charge in [-0.25, -0.2) is 8.78 Å². The molecule has 1 aliphatic rings. The summed E-state index contributed by atoms with van der Waals surface area (Å²) < 4.78 is 26.2. The predicted octanol–water partition coefficient (Wildman–Crippen LogP) is 4.04. The van der Waals surface area contributed by atoms with Crippen LogP contribution in [0.15, 0.2) is 41.4 Å². The number of nitrogens with two attached hydrogens (primary N) is 1. The number of guanidine groups is 1. The van der Waals surface area contributed by atoms with Crippen LogP contribution in [0.2, 0.25) is 0 Å². The summed E-state index contributed by atoms with van der Waals surface area (Å²) in [6.45, 7) is 0.368. The third-order valence-corrected chi connectivity index (χ3v) is 3.98. The molecule has 0 bridgehead atoms. The van der Waals surface area contributed by atoms with E-state index >= 15 is 0 Å². The largest absolute Gasteiger partial charge is 0.370 e. The van der Waals surface area contributed by atoms with Crippen molar-refractivity contribution in [3.63, 3.8) is 0 Å². The van der Waals surface area contributed by atoms with Gasteiger partial charge >= 0.3 is 0 Å². The number of rotatable bonds is 4. The summed E-state index contributed by atoms with van der Waals surface area (Å²) in [4.78, 5) is 4.21. The van der Waals surface area contributed by atoms with Gasteiger partial charge in [0.1, 0.15) is 11.6 Å². The molecule has 0 radical (unpaired) electrons. The van der Waals surface area contributed by atoms with Gasteiger partial charge in [-0.1, -0.05) is 6.07 Å². The molecule has 3 nitrogen and oxygen atoms in total. The third-order valence-electron chi connectivity index (χ3n) is 3.98. The molecule has 0 amide bonds. The van der Waals surface area contributed by atoms with E-state index in [4.69, 9.17) is 5.73 Å². The molecular weight excluding hydrogens is 423 g/mol. The summed E-state index contributed by atoms with van der Waals surface area (Å²) in [6.07, 6.45) is 3.88. The van der Waals surface area contributed by atoms with E-state index in [1.165, 1.54) is 29.7 Å². The first-order valence-electron chi connectivity index (χ1n) is 7.74. The van der Waals surface area contributed by atoms with E-state index < -0.39 is 11.6 Å². The summed E-state index contributed by atoms with van der Waals surface area (Å²) in [5, 5.41) is 3.06. The monoisotopic (exact) mass is 443 g/mol. The average molecular weight is 443 g/mol. The van der Waals surface area contributed by atoms with Gasteiger partial charge < -0.3 is 11.1 Å². The number of hydrogen-bond donors (Lipinski definition) is 2. The van der Waals surface area contributed by atoms with Gasteiger partial charge in [-0.2, -0.15) is 0 Å². The molecule has 1 aliphatic carbocycles. The van der Waals surface area contributed by atoms with Crippen molar-refractivity contribution in [2.24, 2.45) is 10.7 Å². The second kappa shape index (κ2) is 8.41. The Bertz CT molecular complexity index is 727. The van der Waals surface area contributed by atoms with Crippen molar-refractivity contribution in [1.82, 2.24) is 0 Å². The normalized spacial score (nSPS) is 13.3. The van der Waals surface area contributed by atoms with Crippen LogP contribution in [0.1, 0.15) is 23.1 Å². The van der Waals surface area contributed by atoms with Crippen LogP contribution in [-0.2, 0) is 19.3 Å². The molecule has 2 aromatic rings. The molecule has 0 saturated heterocycles. The molecule has 2 aromatic carbocycles. The van der Waals surface area contributed by atoms with E-state index in [9.17, 15) is 8.78 Å². The standard InChI is InChI=1S/C18H19F2N3.HI/c19-15-8-12(9-16(20)11-15)6-7-22-18(21)23-17-5-4-13-2-1-3-14(13)10-17;/h4-5,8-11H,1-3,6-7H2,(H3,21,22,23);1H. The maximum absolute atomic E-state index is 13.1. The van der Waals surface area contributed by atoms with E-state index in [2.05, 4.69) is 22.4 Å². The minimum absolute atomic E-state index is 0. The summed E-state index contributed by atoms with van der Waals surface area (Å²) in [5.41, 5.74) is 10.1. The number of hydrogen-bond acceptors (Lipinski definition) is 1. The third kappa shape index (κ3) is 4.90. The molecule has 3 rings (SSSR count). The van der Waals surface area contributed by atoms with Gasteiger partial charge in [0.15, 0.2) is 5.96 Å². The summed E-state index contributed by atoms with van der Waals surface area (Å²) in [5.74, 6) is -0.846. The first-order chi connectivity index (χ1) is 11.1. The number of aryl methyl sites for hydroxylation is 2. The van der Waals surface area contributed by atoms with Gasteiger partial charge in [0.25, 0.3) is 0 Å². The number of benzene rings is 2. The zero-order chi connectivity index (χ0) is 16.2. The number of halogens is 3. The second-order valence-electron chi connectivity index (χ2n) is 5.76. The lowest BCUT2D eigenvalue weighted by molar-refractivity contribution is 0.579. The Hall–Kier alpha value is -1.70. The van der Waals surface area contributed by atoms with Gasteiger partial charge in [0.2, 0.25) is 0 Å². The topological polar surface area (TPSA) is 50.4 Å². The highest BCUT2D eigenvalue weighted by Crippen LogP contribution is 2.24. The van der Waals surface area contributed by atoms with E-state index in [1.54, 1.807) is 0 Å². The zero-order valence-corrected chi connectivity index (χ0v) is 15.5. The minimum atomic E-state index is -0.576. The number of fused-ring (bicyclic) bond motifs is 1. The van der Waals surface area contributed by atoms with Crippen LogP contribution >= 0.6 is 24.0 Å². The van der Waals surface area contributed by atoms with Crippen LogP contribution in [-0.4, -0.2) is 12.5 Å². The first-order valence-corrected chi connectivity index (χ1v) is 7.74. The fourth-order valence-corrected chi connectivity index (χ4v) is 2.90. The van der Waals surface area contributed by atoms with Gasteiger partial charge in [-0.15, -0.1) is 24.0 Å². The number of nitrogens with one attached hydrogen (secondary N) is 1. The molecule has 0 aliphatic heterocycles. The van der Waals surface area contributed by atoms with Crippen molar-refractivity contribution in [3.8, 4) is 0 Å². The van der Waals surface area contributed by atoms with Crippen LogP contribution < -0.4 is 11.1 Å². The minimum Gasteiger partial charge on any atom is -0.370 e. The van der Waals surface area contributed by atoms with E-state index in [1.807, 2.05) is 6.07 Å². The molecule has 3 N–H and O–H groups in total. The summed E-state index contributed by atoms with van der Waals surface area (Å²) >= 11 is 0. The summed E-state index contributed by atoms with van der Waals surface area (Å²) in [7, 11) is 0.